The zero-order valence-corrected chi connectivity index (χ0v) is 13.1. The van der Waals surface area contributed by atoms with Crippen LogP contribution in [-0.2, 0) is 0 Å². The van der Waals surface area contributed by atoms with Gasteiger partial charge in [-0.15, -0.1) is 0 Å². The van der Waals surface area contributed by atoms with Gasteiger partial charge in [0.25, 0.3) is 0 Å². The molecule has 0 aliphatic heterocycles. The summed E-state index contributed by atoms with van der Waals surface area (Å²) in [6, 6.07) is 2.04. The van der Waals surface area contributed by atoms with Crippen LogP contribution in [0.15, 0.2) is 10.1 Å². The highest BCUT2D eigenvalue weighted by Gasteiger charge is 2.15. The first-order valence-corrected chi connectivity index (χ1v) is 6.82. The monoisotopic (exact) mass is 346 g/mol. The van der Waals surface area contributed by atoms with E-state index >= 15 is 0 Å². The molecule has 0 bridgehead atoms. The highest BCUT2D eigenvalue weighted by Crippen LogP contribution is 2.30. The molecular formula is C13H17BFIO. The number of rotatable bonds is 3. The number of aryl methyl sites for hydroxylation is 2. The third-order valence-corrected chi connectivity index (χ3v) is 3.76. The number of halogens is 2. The zero-order chi connectivity index (χ0) is 13.2. The summed E-state index contributed by atoms with van der Waals surface area (Å²) in [6.45, 7) is 7.44. The fourth-order valence-electron chi connectivity index (χ4n) is 1.91. The van der Waals surface area contributed by atoms with Crippen LogP contribution in [-0.4, -0.2) is 14.2 Å². The van der Waals surface area contributed by atoms with Crippen LogP contribution in [0, 0.1) is 13.8 Å². The molecule has 1 aromatic rings. The van der Waals surface area contributed by atoms with E-state index in [-0.39, 0.29) is 0 Å². The van der Waals surface area contributed by atoms with Gasteiger partial charge in [0.1, 0.15) is 13.6 Å². The molecule has 0 fully saturated rings. The largest absolute Gasteiger partial charge is 0.460 e. The van der Waals surface area contributed by atoms with Gasteiger partial charge in [-0.25, -0.2) is 4.39 Å². The Hall–Kier alpha value is -0.515. The quantitative estimate of drug-likeness (QED) is 0.604. The minimum Gasteiger partial charge on any atom is -0.460 e. The molecule has 0 N–H and O–H groups in total. The van der Waals surface area contributed by atoms with Crippen LogP contribution in [0.3, 0.4) is 0 Å². The smallest absolute Gasteiger partial charge is 0.235 e. The van der Waals surface area contributed by atoms with E-state index in [4.69, 9.17) is 4.74 Å². The number of hydrogen-bond donors (Lipinski definition) is 0. The molecule has 0 aliphatic carbocycles. The first-order valence-electron chi connectivity index (χ1n) is 5.57. The van der Waals surface area contributed by atoms with Crippen molar-refractivity contribution >= 4 is 41.5 Å². The van der Waals surface area contributed by atoms with Crippen LogP contribution in [0.5, 0.6) is 5.75 Å². The van der Waals surface area contributed by atoms with Gasteiger partial charge in [0.05, 0.1) is 0 Å². The van der Waals surface area contributed by atoms with Crippen LogP contribution in [0.25, 0.3) is 5.57 Å². The molecule has 0 aliphatic rings. The summed E-state index contributed by atoms with van der Waals surface area (Å²) < 4.78 is 20.4. The lowest BCUT2D eigenvalue weighted by Crippen LogP contribution is -2.18. The van der Waals surface area contributed by atoms with Crippen molar-refractivity contribution in [2.75, 3.05) is 0 Å². The summed E-state index contributed by atoms with van der Waals surface area (Å²) in [7, 11) is 2.05. The number of hydrogen-bond acceptors (Lipinski definition) is 1. The van der Waals surface area contributed by atoms with Crippen LogP contribution in [0.2, 0.25) is 0 Å². The van der Waals surface area contributed by atoms with Crippen molar-refractivity contribution in [2.24, 2.45) is 0 Å². The van der Waals surface area contributed by atoms with Gasteiger partial charge in [0.15, 0.2) is 0 Å². The molecule has 17 heavy (non-hydrogen) atoms. The lowest BCUT2D eigenvalue weighted by molar-refractivity contribution is 0.0850. The average Bonchev–Trinajstić information content (AvgIpc) is 2.25. The Kier molecular flexibility index (Phi) is 5.04. The van der Waals surface area contributed by atoms with E-state index in [0.29, 0.717) is 5.75 Å². The highest BCUT2D eigenvalue weighted by molar-refractivity contribution is 14.1. The lowest BCUT2D eigenvalue weighted by atomic mass is 9.82. The van der Waals surface area contributed by atoms with Crippen molar-refractivity contribution < 1.29 is 9.13 Å². The van der Waals surface area contributed by atoms with Crippen LogP contribution >= 0.6 is 22.6 Å². The fraction of sp³-hybridized carbons (Fsp3) is 0.385. The molecule has 0 radical (unpaired) electrons. The van der Waals surface area contributed by atoms with Gasteiger partial charge in [-0.3, -0.25) is 0 Å². The van der Waals surface area contributed by atoms with Crippen molar-refractivity contribution in [1.82, 2.24) is 0 Å². The Balaban J connectivity index is 3.50. The van der Waals surface area contributed by atoms with Crippen LogP contribution < -0.4 is 10.2 Å². The first-order chi connectivity index (χ1) is 7.88. The molecule has 0 saturated heterocycles. The molecule has 92 valence electrons. The first kappa shape index (κ1) is 14.5. The van der Waals surface area contributed by atoms with Crippen molar-refractivity contribution in [3.05, 3.63) is 26.8 Å². The summed E-state index contributed by atoms with van der Waals surface area (Å²) in [5, 5.41) is 0. The SMILES string of the molecule is Bc1c(C)cc(C)c(OC(C)F)c1/C(C)=C\I. The van der Waals surface area contributed by atoms with Gasteiger partial charge >= 0.3 is 0 Å². The summed E-state index contributed by atoms with van der Waals surface area (Å²) in [5.41, 5.74) is 5.45. The summed E-state index contributed by atoms with van der Waals surface area (Å²) in [5.74, 6) is 0.661. The molecule has 0 spiro atoms. The topological polar surface area (TPSA) is 9.23 Å². The van der Waals surface area contributed by atoms with Crippen LogP contribution in [0.1, 0.15) is 30.5 Å². The highest BCUT2D eigenvalue weighted by atomic mass is 127. The van der Waals surface area contributed by atoms with Crippen molar-refractivity contribution in [3.8, 4) is 5.75 Å². The Morgan fingerprint density at radius 1 is 1.47 bits per heavy atom. The summed E-state index contributed by atoms with van der Waals surface area (Å²) in [6.07, 6.45) is -1.29. The summed E-state index contributed by atoms with van der Waals surface area (Å²) >= 11 is 2.20. The Bertz CT molecular complexity index is 455. The average molecular weight is 346 g/mol. The third-order valence-electron chi connectivity index (χ3n) is 2.82. The number of allylic oxidation sites excluding steroid dienone is 1. The maximum absolute atomic E-state index is 13.1. The molecule has 4 heteroatoms. The fourth-order valence-corrected chi connectivity index (χ4v) is 2.22. The van der Waals surface area contributed by atoms with E-state index in [1.54, 1.807) is 0 Å². The van der Waals surface area contributed by atoms with Crippen LogP contribution in [0.4, 0.5) is 4.39 Å². The molecule has 1 unspecified atom stereocenters. The predicted molar refractivity (Wildman–Crippen MR) is 83.0 cm³/mol. The van der Waals surface area contributed by atoms with Gasteiger partial charge in [0.2, 0.25) is 6.36 Å². The van der Waals surface area contributed by atoms with Crippen molar-refractivity contribution in [2.45, 2.75) is 34.1 Å². The second-order valence-corrected chi connectivity index (χ2v) is 4.92. The molecular weight excluding hydrogens is 329 g/mol. The Labute approximate surface area is 117 Å². The van der Waals surface area contributed by atoms with E-state index in [0.717, 1.165) is 22.2 Å². The standard InChI is InChI=1S/C13H17BFIO/c1-7-5-8(2)13(17-10(4)15)11(12(7)14)9(3)6-16/h5-6,10H,14H2,1-4H3/b9-6-. The molecule has 0 heterocycles. The molecule has 0 aromatic heterocycles. The molecule has 1 nitrogen and oxygen atoms in total. The predicted octanol–water partition coefficient (Wildman–Crippen LogP) is 3.05. The van der Waals surface area contributed by atoms with Gasteiger partial charge in [-0.05, 0) is 36.0 Å². The Morgan fingerprint density at radius 2 is 2.06 bits per heavy atom. The minimum atomic E-state index is -1.29. The van der Waals surface area contributed by atoms with Gasteiger partial charge in [-0.2, -0.15) is 0 Å². The van der Waals surface area contributed by atoms with E-state index in [9.17, 15) is 4.39 Å². The second-order valence-electron chi connectivity index (χ2n) is 4.29. The zero-order valence-electron chi connectivity index (χ0n) is 10.9. The molecule has 1 rings (SSSR count). The number of ether oxygens (including phenoxy) is 1. The van der Waals surface area contributed by atoms with Crippen molar-refractivity contribution in [3.63, 3.8) is 0 Å². The number of benzene rings is 1. The third kappa shape index (κ3) is 3.24. The minimum absolute atomic E-state index is 0.661. The normalized spacial score (nSPS) is 13.6. The summed E-state index contributed by atoms with van der Waals surface area (Å²) in [4.78, 5) is 0. The number of alkyl halides is 1. The van der Waals surface area contributed by atoms with Gasteiger partial charge in [-0.1, -0.05) is 39.7 Å². The maximum atomic E-state index is 13.1. The second kappa shape index (κ2) is 5.89. The van der Waals surface area contributed by atoms with Crippen molar-refractivity contribution in [1.29, 1.82) is 0 Å². The van der Waals surface area contributed by atoms with Gasteiger partial charge < -0.3 is 4.74 Å². The molecule has 1 atom stereocenters. The van der Waals surface area contributed by atoms with Gasteiger partial charge in [0, 0.05) is 12.5 Å². The van der Waals surface area contributed by atoms with E-state index < -0.39 is 6.36 Å². The maximum Gasteiger partial charge on any atom is 0.235 e. The van der Waals surface area contributed by atoms with E-state index in [1.165, 1.54) is 12.5 Å². The van der Waals surface area contributed by atoms with E-state index in [2.05, 4.69) is 29.5 Å². The lowest BCUT2D eigenvalue weighted by Gasteiger charge is -2.19. The van der Waals surface area contributed by atoms with E-state index in [1.807, 2.05) is 31.8 Å². The molecule has 0 amide bonds. The Morgan fingerprint density at radius 3 is 2.53 bits per heavy atom. The molecule has 0 saturated carbocycles. The molecule has 1 aromatic carbocycles.